The van der Waals surface area contributed by atoms with Crippen molar-refractivity contribution in [1.29, 1.82) is 0 Å². The second-order valence-electron chi connectivity index (χ2n) is 6.23. The summed E-state index contributed by atoms with van der Waals surface area (Å²) in [5, 5.41) is 19.0. The van der Waals surface area contributed by atoms with Crippen LogP contribution in [0.2, 0.25) is 0 Å². The van der Waals surface area contributed by atoms with Crippen LogP contribution in [0.1, 0.15) is 37.4 Å². The van der Waals surface area contributed by atoms with Crippen LogP contribution < -0.4 is 5.32 Å². The maximum absolute atomic E-state index is 11.4. The third-order valence-corrected chi connectivity index (χ3v) is 4.90. The molecule has 1 N–H and O–H groups in total. The molecule has 122 valence electrons. The fourth-order valence-corrected chi connectivity index (χ4v) is 3.41. The van der Waals surface area contributed by atoms with Gasteiger partial charge in [-0.1, -0.05) is 43.7 Å². The Morgan fingerprint density at radius 3 is 2.57 bits per heavy atom. The van der Waals surface area contributed by atoms with Crippen LogP contribution in [0.5, 0.6) is 0 Å². The molecule has 0 unspecified atom stereocenters. The molecule has 1 aromatic carbocycles. The summed E-state index contributed by atoms with van der Waals surface area (Å²) < 4.78 is 1.59. The molecule has 1 aromatic heterocycles. The smallest absolute Gasteiger partial charge is 0.333 e. The molecule has 2 aromatic rings. The highest BCUT2D eigenvalue weighted by molar-refractivity contribution is 5.60. The number of nitrogens with one attached hydrogen (secondary N) is 1. The van der Waals surface area contributed by atoms with Gasteiger partial charge in [0, 0.05) is 19.0 Å². The minimum Gasteiger partial charge on any atom is -0.364 e. The van der Waals surface area contributed by atoms with Gasteiger partial charge in [0.25, 0.3) is 0 Å². The number of nitrogens with zero attached hydrogens (tertiary/aromatic N) is 3. The third kappa shape index (κ3) is 2.69. The highest BCUT2D eigenvalue weighted by Crippen LogP contribution is 2.44. The summed E-state index contributed by atoms with van der Waals surface area (Å²) in [7, 11) is 1.75. The second kappa shape index (κ2) is 6.02. The summed E-state index contributed by atoms with van der Waals surface area (Å²) >= 11 is 0. The number of hydrogen-bond donors (Lipinski definition) is 1. The maximum Gasteiger partial charge on any atom is 0.333 e. The molecule has 1 fully saturated rings. The molecule has 23 heavy (non-hydrogen) atoms. The SMILES string of the molecule is CCc1nn(C)c(NCC2(c3ccccc3)CCC2)c1[N+](=O)[O-]. The van der Waals surface area contributed by atoms with Crippen LogP contribution in [0.15, 0.2) is 30.3 Å². The summed E-state index contributed by atoms with van der Waals surface area (Å²) in [6.45, 7) is 2.58. The van der Waals surface area contributed by atoms with Crippen molar-refractivity contribution >= 4 is 11.5 Å². The zero-order valence-electron chi connectivity index (χ0n) is 13.6. The van der Waals surface area contributed by atoms with Crippen molar-refractivity contribution in [3.63, 3.8) is 0 Å². The molecule has 1 aliphatic carbocycles. The standard InChI is InChI=1S/C17H22N4O2/c1-3-14-15(21(22)23)16(20(2)19-14)18-12-17(10-7-11-17)13-8-5-4-6-9-13/h4-6,8-9,18H,3,7,10-12H2,1-2H3. The lowest BCUT2D eigenvalue weighted by Crippen LogP contribution is -2.41. The van der Waals surface area contributed by atoms with E-state index >= 15 is 0 Å². The van der Waals surface area contributed by atoms with Gasteiger partial charge in [-0.3, -0.25) is 10.1 Å². The van der Waals surface area contributed by atoms with Gasteiger partial charge in [0.2, 0.25) is 5.82 Å². The van der Waals surface area contributed by atoms with Gasteiger partial charge < -0.3 is 5.32 Å². The summed E-state index contributed by atoms with van der Waals surface area (Å²) in [4.78, 5) is 11.1. The van der Waals surface area contributed by atoms with Gasteiger partial charge >= 0.3 is 5.69 Å². The molecule has 1 aliphatic rings. The number of aryl methyl sites for hydroxylation is 2. The first-order valence-corrected chi connectivity index (χ1v) is 8.07. The van der Waals surface area contributed by atoms with Crippen molar-refractivity contribution < 1.29 is 4.92 Å². The van der Waals surface area contributed by atoms with Gasteiger partial charge in [0.1, 0.15) is 5.69 Å². The van der Waals surface area contributed by atoms with Crippen molar-refractivity contribution in [2.45, 2.75) is 38.0 Å². The van der Waals surface area contributed by atoms with E-state index in [1.807, 2.05) is 13.0 Å². The van der Waals surface area contributed by atoms with E-state index in [-0.39, 0.29) is 16.0 Å². The van der Waals surface area contributed by atoms with Crippen LogP contribution >= 0.6 is 0 Å². The topological polar surface area (TPSA) is 73.0 Å². The third-order valence-electron chi connectivity index (χ3n) is 4.90. The fraction of sp³-hybridized carbons (Fsp3) is 0.471. The molecule has 6 heteroatoms. The highest BCUT2D eigenvalue weighted by atomic mass is 16.6. The zero-order valence-corrected chi connectivity index (χ0v) is 13.6. The van der Waals surface area contributed by atoms with Crippen LogP contribution in [-0.4, -0.2) is 21.2 Å². The van der Waals surface area contributed by atoms with E-state index in [9.17, 15) is 10.1 Å². The minimum atomic E-state index is -0.329. The molecule has 0 aliphatic heterocycles. The predicted molar refractivity (Wildman–Crippen MR) is 89.7 cm³/mol. The highest BCUT2D eigenvalue weighted by Gasteiger charge is 2.39. The van der Waals surface area contributed by atoms with E-state index in [1.165, 1.54) is 12.0 Å². The normalized spacial score (nSPS) is 15.9. The minimum absolute atomic E-state index is 0.0752. The lowest BCUT2D eigenvalue weighted by molar-refractivity contribution is -0.384. The van der Waals surface area contributed by atoms with Crippen LogP contribution in [0.25, 0.3) is 0 Å². The average molecular weight is 314 g/mol. The summed E-state index contributed by atoms with van der Waals surface area (Å²) in [5.41, 5.74) is 2.02. The van der Waals surface area contributed by atoms with E-state index in [0.29, 0.717) is 24.5 Å². The maximum atomic E-state index is 11.4. The first kappa shape index (κ1) is 15.5. The first-order valence-electron chi connectivity index (χ1n) is 8.07. The van der Waals surface area contributed by atoms with E-state index in [4.69, 9.17) is 0 Å². The molecule has 0 atom stereocenters. The Bertz CT molecular complexity index is 705. The lowest BCUT2D eigenvalue weighted by Gasteiger charge is -2.42. The molecule has 6 nitrogen and oxygen atoms in total. The van der Waals surface area contributed by atoms with Crippen molar-refractivity contribution in [2.24, 2.45) is 7.05 Å². The van der Waals surface area contributed by atoms with Crippen molar-refractivity contribution in [2.75, 3.05) is 11.9 Å². The van der Waals surface area contributed by atoms with Gasteiger partial charge in [0.05, 0.1) is 4.92 Å². The second-order valence-corrected chi connectivity index (χ2v) is 6.23. The molecule has 1 heterocycles. The molecule has 1 saturated carbocycles. The fourth-order valence-electron chi connectivity index (χ4n) is 3.41. The number of hydrogen-bond acceptors (Lipinski definition) is 4. The van der Waals surface area contributed by atoms with Gasteiger partial charge in [-0.2, -0.15) is 5.10 Å². The van der Waals surface area contributed by atoms with Crippen LogP contribution in [0.4, 0.5) is 11.5 Å². The number of benzene rings is 1. The molecule has 0 amide bonds. The Morgan fingerprint density at radius 1 is 1.35 bits per heavy atom. The monoisotopic (exact) mass is 314 g/mol. The van der Waals surface area contributed by atoms with E-state index in [2.05, 4.69) is 34.7 Å². The van der Waals surface area contributed by atoms with Crippen molar-refractivity contribution in [1.82, 2.24) is 9.78 Å². The molecule has 0 saturated heterocycles. The average Bonchev–Trinajstić information content (AvgIpc) is 2.83. The number of rotatable bonds is 6. The summed E-state index contributed by atoms with van der Waals surface area (Å²) in [6.07, 6.45) is 3.96. The van der Waals surface area contributed by atoms with Gasteiger partial charge in [-0.05, 0) is 24.8 Å². The van der Waals surface area contributed by atoms with E-state index in [1.54, 1.807) is 11.7 Å². The van der Waals surface area contributed by atoms with Crippen molar-refractivity contribution in [3.8, 4) is 0 Å². The Hall–Kier alpha value is -2.37. The lowest BCUT2D eigenvalue weighted by atomic mass is 9.64. The quantitative estimate of drug-likeness (QED) is 0.655. The summed E-state index contributed by atoms with van der Waals surface area (Å²) in [6, 6.07) is 10.4. The molecule has 0 bridgehead atoms. The van der Waals surface area contributed by atoms with E-state index < -0.39 is 0 Å². The number of nitro groups is 1. The van der Waals surface area contributed by atoms with E-state index in [0.717, 1.165) is 12.8 Å². The Morgan fingerprint density at radius 2 is 2.04 bits per heavy atom. The van der Waals surface area contributed by atoms with Crippen LogP contribution in [-0.2, 0) is 18.9 Å². The van der Waals surface area contributed by atoms with Crippen LogP contribution in [0, 0.1) is 10.1 Å². The van der Waals surface area contributed by atoms with Gasteiger partial charge in [-0.25, -0.2) is 4.68 Å². The Kier molecular flexibility index (Phi) is 4.07. The zero-order chi connectivity index (χ0) is 16.4. The molecule has 0 spiro atoms. The van der Waals surface area contributed by atoms with Crippen molar-refractivity contribution in [3.05, 3.63) is 51.7 Å². The molecular weight excluding hydrogens is 292 g/mol. The number of aromatic nitrogens is 2. The van der Waals surface area contributed by atoms with Gasteiger partial charge in [0.15, 0.2) is 0 Å². The summed E-state index contributed by atoms with van der Waals surface area (Å²) in [5.74, 6) is 0.508. The molecule has 0 radical (unpaired) electrons. The Labute approximate surface area is 135 Å². The number of anilines is 1. The molecular formula is C17H22N4O2. The largest absolute Gasteiger partial charge is 0.364 e. The van der Waals surface area contributed by atoms with Gasteiger partial charge in [-0.15, -0.1) is 0 Å². The van der Waals surface area contributed by atoms with Crippen LogP contribution in [0.3, 0.4) is 0 Å². The first-order chi connectivity index (χ1) is 11.1. The Balaban J connectivity index is 1.86. The molecule has 3 rings (SSSR count). The predicted octanol–water partition coefficient (Wildman–Crippen LogP) is 3.42.